The average Bonchev–Trinajstić information content (AvgIpc) is 3.48. The Hall–Kier alpha value is -2.45. The number of nitrogens with zero attached hydrogens (tertiary/aromatic N) is 1. The van der Waals surface area contributed by atoms with Gasteiger partial charge in [0.2, 0.25) is 11.3 Å². The van der Waals surface area contributed by atoms with E-state index in [1.165, 1.54) is 12.3 Å². The maximum atomic E-state index is 13.9. The van der Waals surface area contributed by atoms with E-state index in [2.05, 4.69) is 5.32 Å². The molecule has 1 aliphatic carbocycles. The Morgan fingerprint density at radius 3 is 2.68 bits per heavy atom. The summed E-state index contributed by atoms with van der Waals surface area (Å²) in [5.41, 5.74) is 1.48. The van der Waals surface area contributed by atoms with Gasteiger partial charge in [0, 0.05) is 30.6 Å². The van der Waals surface area contributed by atoms with Crippen LogP contribution in [0.25, 0.3) is 10.9 Å². The Balaban J connectivity index is 1.86. The zero-order valence-electron chi connectivity index (χ0n) is 15.1. The van der Waals surface area contributed by atoms with Gasteiger partial charge >= 0.3 is 0 Å². The highest BCUT2D eigenvalue weighted by atomic mass is 35.5. The van der Waals surface area contributed by atoms with E-state index in [0.29, 0.717) is 31.3 Å². The molecule has 0 bridgehead atoms. The second kappa shape index (κ2) is 8.70. The summed E-state index contributed by atoms with van der Waals surface area (Å²) in [5, 5.41) is 11.3. The van der Waals surface area contributed by atoms with Gasteiger partial charge in [0.1, 0.15) is 11.4 Å². The van der Waals surface area contributed by atoms with Gasteiger partial charge in [-0.1, -0.05) is 18.0 Å². The van der Waals surface area contributed by atoms with Crippen LogP contribution in [0.15, 0.2) is 23.1 Å². The van der Waals surface area contributed by atoms with Gasteiger partial charge < -0.3 is 9.88 Å². The molecule has 2 amide bonds. The number of aromatic nitrogens is 1. The molecule has 0 radical (unpaired) electrons. The lowest BCUT2D eigenvalue weighted by atomic mass is 10.1. The molecule has 1 saturated carbocycles. The zero-order chi connectivity index (χ0) is 20.3. The Morgan fingerprint density at radius 1 is 1.25 bits per heavy atom. The van der Waals surface area contributed by atoms with Gasteiger partial charge in [-0.05, 0) is 37.8 Å². The molecule has 0 spiro atoms. The first-order valence-electron chi connectivity index (χ1n) is 9.16. The van der Waals surface area contributed by atoms with Crippen molar-refractivity contribution in [2.24, 2.45) is 0 Å². The minimum absolute atomic E-state index is 0.0271. The largest absolute Gasteiger partial charge is 0.349 e. The predicted octanol–water partition coefficient (Wildman–Crippen LogP) is 2.75. The summed E-state index contributed by atoms with van der Waals surface area (Å²) < 4.78 is 15.7. The SMILES string of the molecule is O=C(CCCCCn1cc(C(=O)NC2CC2)c(=O)c2cc(F)c(Cl)cc21)NO. The molecule has 2 aromatic rings. The molecule has 1 fully saturated rings. The minimum atomic E-state index is -0.715. The molecule has 3 N–H and O–H groups in total. The molecule has 1 aliphatic rings. The average molecular weight is 410 g/mol. The van der Waals surface area contributed by atoms with Crippen molar-refractivity contribution < 1.29 is 19.2 Å². The normalized spacial score (nSPS) is 13.5. The number of hydroxylamine groups is 1. The Morgan fingerprint density at radius 2 is 2.00 bits per heavy atom. The summed E-state index contributed by atoms with van der Waals surface area (Å²) >= 11 is 5.89. The quantitative estimate of drug-likeness (QED) is 0.354. The summed E-state index contributed by atoms with van der Waals surface area (Å²) in [6.45, 7) is 0.462. The fourth-order valence-corrected chi connectivity index (χ4v) is 3.18. The van der Waals surface area contributed by atoms with Crippen molar-refractivity contribution >= 4 is 34.3 Å². The lowest BCUT2D eigenvalue weighted by Crippen LogP contribution is -2.31. The predicted molar refractivity (Wildman–Crippen MR) is 102 cm³/mol. The van der Waals surface area contributed by atoms with Crippen molar-refractivity contribution in [2.75, 3.05) is 0 Å². The Kier molecular flexibility index (Phi) is 6.31. The number of benzene rings is 1. The fraction of sp³-hybridized carbons (Fsp3) is 0.421. The minimum Gasteiger partial charge on any atom is -0.349 e. The van der Waals surface area contributed by atoms with Gasteiger partial charge in [-0.25, -0.2) is 9.87 Å². The Bertz CT molecular complexity index is 972. The van der Waals surface area contributed by atoms with Crippen LogP contribution in [-0.2, 0) is 11.3 Å². The number of hydrogen-bond donors (Lipinski definition) is 3. The van der Waals surface area contributed by atoms with E-state index in [-0.39, 0.29) is 28.4 Å². The number of halogens is 2. The first kappa shape index (κ1) is 20.3. The third-order valence-corrected chi connectivity index (χ3v) is 5.00. The fourth-order valence-electron chi connectivity index (χ4n) is 3.02. The van der Waals surface area contributed by atoms with Gasteiger partial charge in [0.25, 0.3) is 5.91 Å². The van der Waals surface area contributed by atoms with Crippen molar-refractivity contribution in [3.63, 3.8) is 0 Å². The molecule has 0 saturated heterocycles. The second-order valence-corrected chi connectivity index (χ2v) is 7.35. The molecule has 150 valence electrons. The van der Waals surface area contributed by atoms with E-state index >= 15 is 0 Å². The monoisotopic (exact) mass is 409 g/mol. The maximum absolute atomic E-state index is 13.9. The molecular formula is C19H21ClFN3O4. The molecule has 1 heterocycles. The Labute approximate surface area is 165 Å². The van der Waals surface area contributed by atoms with Gasteiger partial charge in [-0.15, -0.1) is 0 Å². The van der Waals surface area contributed by atoms with Crippen molar-refractivity contribution in [1.82, 2.24) is 15.4 Å². The first-order valence-corrected chi connectivity index (χ1v) is 9.54. The van der Waals surface area contributed by atoms with Crippen LogP contribution in [0.2, 0.25) is 5.02 Å². The van der Waals surface area contributed by atoms with E-state index in [1.54, 1.807) is 10.0 Å². The molecule has 0 aliphatic heterocycles. The molecule has 1 aromatic carbocycles. The topological polar surface area (TPSA) is 100 Å². The van der Waals surface area contributed by atoms with Crippen molar-refractivity contribution in [1.29, 1.82) is 0 Å². The van der Waals surface area contributed by atoms with Crippen LogP contribution in [0.3, 0.4) is 0 Å². The number of pyridine rings is 1. The number of hydrogen-bond acceptors (Lipinski definition) is 4. The highest BCUT2D eigenvalue weighted by Crippen LogP contribution is 2.23. The highest BCUT2D eigenvalue weighted by Gasteiger charge is 2.26. The summed E-state index contributed by atoms with van der Waals surface area (Å²) in [5.74, 6) is -1.62. The van der Waals surface area contributed by atoms with Gasteiger partial charge in [0.05, 0.1) is 10.5 Å². The van der Waals surface area contributed by atoms with Gasteiger partial charge in [-0.2, -0.15) is 0 Å². The van der Waals surface area contributed by atoms with Crippen LogP contribution in [0.5, 0.6) is 0 Å². The van der Waals surface area contributed by atoms with Crippen LogP contribution in [-0.4, -0.2) is 27.6 Å². The maximum Gasteiger partial charge on any atom is 0.256 e. The lowest BCUT2D eigenvalue weighted by molar-refractivity contribution is -0.129. The number of fused-ring (bicyclic) bond motifs is 1. The summed E-state index contributed by atoms with van der Waals surface area (Å²) in [7, 11) is 0. The van der Waals surface area contributed by atoms with Crippen molar-refractivity contribution in [3.8, 4) is 0 Å². The molecule has 9 heteroatoms. The van der Waals surface area contributed by atoms with Gasteiger partial charge in [-0.3, -0.25) is 19.6 Å². The third-order valence-electron chi connectivity index (χ3n) is 4.71. The van der Waals surface area contributed by atoms with Crippen LogP contribution >= 0.6 is 11.6 Å². The van der Waals surface area contributed by atoms with E-state index in [1.807, 2.05) is 0 Å². The van der Waals surface area contributed by atoms with E-state index in [4.69, 9.17) is 16.8 Å². The molecule has 3 rings (SSSR count). The van der Waals surface area contributed by atoms with Crippen molar-refractivity contribution in [3.05, 3.63) is 45.0 Å². The molecule has 0 atom stereocenters. The second-order valence-electron chi connectivity index (χ2n) is 6.94. The number of rotatable bonds is 8. The molecule has 1 aromatic heterocycles. The lowest BCUT2D eigenvalue weighted by Gasteiger charge is -2.14. The number of carbonyl (C=O) groups excluding carboxylic acids is 2. The van der Waals surface area contributed by atoms with Gasteiger partial charge in [0.15, 0.2) is 0 Å². The van der Waals surface area contributed by atoms with E-state index in [9.17, 15) is 18.8 Å². The third kappa shape index (κ3) is 4.69. The molecule has 0 unspecified atom stereocenters. The van der Waals surface area contributed by atoms with Crippen LogP contribution < -0.4 is 16.2 Å². The summed E-state index contributed by atoms with van der Waals surface area (Å²) in [6, 6.07) is 2.54. The highest BCUT2D eigenvalue weighted by molar-refractivity contribution is 6.31. The number of aryl methyl sites for hydroxylation is 1. The van der Waals surface area contributed by atoms with Crippen LogP contribution in [0, 0.1) is 5.82 Å². The van der Waals surface area contributed by atoms with Crippen LogP contribution in [0.1, 0.15) is 48.9 Å². The van der Waals surface area contributed by atoms with E-state index in [0.717, 1.165) is 18.9 Å². The smallest absolute Gasteiger partial charge is 0.256 e. The zero-order valence-corrected chi connectivity index (χ0v) is 15.9. The summed E-state index contributed by atoms with van der Waals surface area (Å²) in [4.78, 5) is 36.2. The van der Waals surface area contributed by atoms with Crippen LogP contribution in [0.4, 0.5) is 4.39 Å². The number of nitrogens with one attached hydrogen (secondary N) is 2. The standard InChI is InChI=1S/C19H21ClFN3O4/c20-14-9-16-12(8-15(14)21)18(26)13(19(27)22-11-5-6-11)10-24(16)7-3-1-2-4-17(25)23-28/h8-11,28H,1-7H2,(H,22,27)(H,23,25). The number of unbranched alkanes of at least 4 members (excludes halogenated alkanes) is 2. The van der Waals surface area contributed by atoms with E-state index < -0.39 is 23.1 Å². The summed E-state index contributed by atoms with van der Waals surface area (Å²) in [6.07, 6.45) is 5.40. The first-order chi connectivity index (χ1) is 13.4. The molecular weight excluding hydrogens is 389 g/mol. The van der Waals surface area contributed by atoms with Crippen molar-refractivity contribution in [2.45, 2.75) is 51.1 Å². The molecule has 7 nitrogen and oxygen atoms in total. The molecule has 28 heavy (non-hydrogen) atoms. The number of amides is 2. The number of carbonyl (C=O) groups is 2.